The number of carboxylic acid groups (broad SMARTS) is 1. The second-order valence-corrected chi connectivity index (χ2v) is 6.73. The Morgan fingerprint density at radius 2 is 1.93 bits per heavy atom. The molecule has 0 bridgehead atoms. The molecule has 0 unspecified atom stereocenters. The summed E-state index contributed by atoms with van der Waals surface area (Å²) in [6.07, 6.45) is 0.463. The fraction of sp³-hybridized carbons (Fsp3) is 0.421. The van der Waals surface area contributed by atoms with Gasteiger partial charge in [0.05, 0.1) is 13.1 Å². The van der Waals surface area contributed by atoms with Crippen LogP contribution in [0.25, 0.3) is 0 Å². The van der Waals surface area contributed by atoms with Gasteiger partial charge in [0.2, 0.25) is 17.7 Å². The number of hydrogen-bond donors (Lipinski definition) is 1. The van der Waals surface area contributed by atoms with Crippen LogP contribution in [0.1, 0.15) is 37.0 Å². The van der Waals surface area contributed by atoms with E-state index < -0.39 is 6.04 Å². The van der Waals surface area contributed by atoms with Crippen LogP contribution in [0, 0.1) is 0 Å². The van der Waals surface area contributed by atoms with Crippen molar-refractivity contribution < 1.29 is 24.0 Å². The lowest BCUT2D eigenvalue weighted by Gasteiger charge is -2.38. The summed E-state index contributed by atoms with van der Waals surface area (Å²) in [4.78, 5) is 40.9. The molecule has 3 rings (SSSR count). The van der Waals surface area contributed by atoms with Crippen molar-refractivity contribution >= 4 is 18.3 Å². The van der Waals surface area contributed by atoms with E-state index in [4.69, 9.17) is 14.4 Å². The molecule has 1 aromatic carbocycles. The second kappa shape index (κ2) is 9.63. The lowest BCUT2D eigenvalue weighted by Crippen LogP contribution is -2.59. The van der Waals surface area contributed by atoms with Crippen LogP contribution in [0.15, 0.2) is 34.9 Å². The van der Waals surface area contributed by atoms with E-state index >= 15 is 0 Å². The standard InChI is InChI=1S/C18H22N4O3.CH2O2/c1-12(2)17-19-15(20-25-17)10-22-14(9-13-7-5-4-6-8-13)18(24)21(3)11-16(22)23;2-1-3/h4-8,12,14H,9-11H2,1-3H3;1H,(H,2,3)/t14-;/m1./s1. The Kier molecular flexibility index (Phi) is 7.25. The molecule has 0 spiro atoms. The van der Waals surface area contributed by atoms with E-state index in [2.05, 4.69) is 10.1 Å². The van der Waals surface area contributed by atoms with Crippen molar-refractivity contribution in [1.82, 2.24) is 19.9 Å². The maximum Gasteiger partial charge on any atom is 0.290 e. The summed E-state index contributed by atoms with van der Waals surface area (Å²) in [7, 11) is 1.65. The van der Waals surface area contributed by atoms with Crippen LogP contribution in [0.3, 0.4) is 0 Å². The average Bonchev–Trinajstić information content (AvgIpc) is 3.13. The minimum atomic E-state index is -0.561. The Bertz CT molecular complexity index is 806. The van der Waals surface area contributed by atoms with E-state index in [9.17, 15) is 9.59 Å². The molecule has 28 heavy (non-hydrogen) atoms. The Balaban J connectivity index is 0.000000878. The van der Waals surface area contributed by atoms with Gasteiger partial charge in [-0.2, -0.15) is 4.98 Å². The molecule has 0 radical (unpaired) electrons. The highest BCUT2D eigenvalue weighted by molar-refractivity contribution is 5.94. The van der Waals surface area contributed by atoms with Gasteiger partial charge in [-0.25, -0.2) is 0 Å². The minimum absolute atomic E-state index is 0.0685. The number of amides is 2. The van der Waals surface area contributed by atoms with Crippen LogP contribution in [0.4, 0.5) is 0 Å². The molecule has 1 aliphatic rings. The first-order chi connectivity index (χ1) is 13.4. The first kappa shape index (κ1) is 21.1. The highest BCUT2D eigenvalue weighted by Crippen LogP contribution is 2.19. The molecule has 1 N–H and O–H groups in total. The molecule has 2 amide bonds. The normalized spacial score (nSPS) is 16.8. The van der Waals surface area contributed by atoms with Crippen LogP contribution in [0.5, 0.6) is 0 Å². The summed E-state index contributed by atoms with van der Waals surface area (Å²) in [6, 6.07) is 9.12. The van der Waals surface area contributed by atoms with Crippen molar-refractivity contribution in [2.45, 2.75) is 38.8 Å². The highest BCUT2D eigenvalue weighted by Gasteiger charge is 2.38. The predicted octanol–water partition coefficient (Wildman–Crippen LogP) is 1.31. The highest BCUT2D eigenvalue weighted by atomic mass is 16.5. The zero-order chi connectivity index (χ0) is 20.7. The molecule has 1 saturated heterocycles. The van der Waals surface area contributed by atoms with Crippen LogP contribution in [-0.2, 0) is 27.3 Å². The van der Waals surface area contributed by atoms with Crippen LogP contribution in [-0.4, -0.2) is 63.0 Å². The molecule has 0 saturated carbocycles. The lowest BCUT2D eigenvalue weighted by atomic mass is 10.0. The third-order valence-corrected chi connectivity index (χ3v) is 4.29. The van der Waals surface area contributed by atoms with Crippen molar-refractivity contribution in [2.24, 2.45) is 0 Å². The van der Waals surface area contributed by atoms with Gasteiger partial charge in [-0.3, -0.25) is 14.4 Å². The zero-order valence-corrected chi connectivity index (χ0v) is 16.1. The van der Waals surface area contributed by atoms with Crippen molar-refractivity contribution in [2.75, 3.05) is 13.6 Å². The van der Waals surface area contributed by atoms with Gasteiger partial charge in [-0.15, -0.1) is 0 Å². The van der Waals surface area contributed by atoms with Gasteiger partial charge in [0.15, 0.2) is 5.82 Å². The minimum Gasteiger partial charge on any atom is -0.483 e. The molecule has 1 aromatic heterocycles. The summed E-state index contributed by atoms with van der Waals surface area (Å²) >= 11 is 0. The lowest BCUT2D eigenvalue weighted by molar-refractivity contribution is -0.155. The summed E-state index contributed by atoms with van der Waals surface area (Å²) in [5, 5.41) is 10.8. The van der Waals surface area contributed by atoms with E-state index in [-0.39, 0.29) is 37.3 Å². The third-order valence-electron chi connectivity index (χ3n) is 4.29. The molecule has 1 fully saturated rings. The maximum atomic E-state index is 12.7. The summed E-state index contributed by atoms with van der Waals surface area (Å²) < 4.78 is 5.21. The van der Waals surface area contributed by atoms with Crippen molar-refractivity contribution in [3.8, 4) is 0 Å². The number of hydrogen-bond acceptors (Lipinski definition) is 6. The van der Waals surface area contributed by atoms with Gasteiger partial charge in [0, 0.05) is 19.4 Å². The van der Waals surface area contributed by atoms with Crippen molar-refractivity contribution in [3.05, 3.63) is 47.6 Å². The van der Waals surface area contributed by atoms with Gasteiger partial charge in [0.25, 0.3) is 6.47 Å². The molecule has 0 aliphatic carbocycles. The molecule has 9 heteroatoms. The number of carbonyl (C=O) groups excluding carboxylic acids is 2. The first-order valence-electron chi connectivity index (χ1n) is 8.86. The molecule has 1 aliphatic heterocycles. The fourth-order valence-corrected chi connectivity index (χ4v) is 2.88. The Hall–Kier alpha value is -3.23. The SMILES string of the molecule is CC(C)c1nc(CN2C(=O)CN(C)C(=O)[C@H]2Cc2ccccc2)no1.O=CO. The van der Waals surface area contributed by atoms with E-state index in [1.54, 1.807) is 11.9 Å². The number of carbonyl (C=O) groups is 3. The van der Waals surface area contributed by atoms with Crippen LogP contribution in [0.2, 0.25) is 0 Å². The number of nitrogens with zero attached hydrogens (tertiary/aromatic N) is 4. The molecular formula is C19H24N4O5. The number of piperazine rings is 1. The summed E-state index contributed by atoms with van der Waals surface area (Å²) in [5.74, 6) is 0.885. The van der Waals surface area contributed by atoms with Gasteiger partial charge >= 0.3 is 0 Å². The number of likely N-dealkylation sites (N-methyl/N-ethyl adjacent to an activating group) is 1. The second-order valence-electron chi connectivity index (χ2n) is 6.73. The van der Waals surface area contributed by atoms with E-state index in [1.165, 1.54) is 4.90 Å². The van der Waals surface area contributed by atoms with E-state index in [1.807, 2.05) is 44.2 Å². The Morgan fingerprint density at radius 1 is 1.29 bits per heavy atom. The first-order valence-corrected chi connectivity index (χ1v) is 8.86. The van der Waals surface area contributed by atoms with Crippen molar-refractivity contribution in [3.63, 3.8) is 0 Å². The van der Waals surface area contributed by atoms with Gasteiger partial charge in [0.1, 0.15) is 6.04 Å². The Labute approximate surface area is 162 Å². The predicted molar refractivity (Wildman–Crippen MR) is 99.2 cm³/mol. The van der Waals surface area contributed by atoms with Gasteiger partial charge in [-0.1, -0.05) is 49.3 Å². The molecular weight excluding hydrogens is 364 g/mol. The number of aromatic nitrogens is 2. The van der Waals surface area contributed by atoms with Gasteiger partial charge < -0.3 is 19.4 Å². The summed E-state index contributed by atoms with van der Waals surface area (Å²) in [5.41, 5.74) is 1.00. The maximum absolute atomic E-state index is 12.7. The molecule has 150 valence electrons. The topological polar surface area (TPSA) is 117 Å². The average molecular weight is 388 g/mol. The largest absolute Gasteiger partial charge is 0.483 e. The third kappa shape index (κ3) is 5.15. The van der Waals surface area contributed by atoms with E-state index in [0.717, 1.165) is 5.56 Å². The van der Waals surface area contributed by atoms with Gasteiger partial charge in [-0.05, 0) is 5.56 Å². The smallest absolute Gasteiger partial charge is 0.290 e. The number of rotatable bonds is 5. The quantitative estimate of drug-likeness (QED) is 0.767. The monoisotopic (exact) mass is 388 g/mol. The Morgan fingerprint density at radius 3 is 2.50 bits per heavy atom. The summed E-state index contributed by atoms with van der Waals surface area (Å²) in [6.45, 7) is 3.91. The molecule has 2 heterocycles. The molecule has 2 aromatic rings. The molecule has 9 nitrogen and oxygen atoms in total. The van der Waals surface area contributed by atoms with E-state index in [0.29, 0.717) is 18.1 Å². The molecule has 1 atom stereocenters. The van der Waals surface area contributed by atoms with Crippen molar-refractivity contribution in [1.29, 1.82) is 0 Å². The van der Waals surface area contributed by atoms with Crippen LogP contribution < -0.4 is 0 Å². The number of benzene rings is 1. The fourth-order valence-electron chi connectivity index (χ4n) is 2.88. The zero-order valence-electron chi connectivity index (χ0n) is 16.1. The van der Waals surface area contributed by atoms with Crippen LogP contribution >= 0.6 is 0 Å².